The lowest BCUT2D eigenvalue weighted by Gasteiger charge is -2.15. The molecule has 3 aromatic rings. The van der Waals surface area contributed by atoms with Crippen LogP contribution in [0.5, 0.6) is 0 Å². The first-order valence-electron chi connectivity index (χ1n) is 7.14. The van der Waals surface area contributed by atoms with Crippen molar-refractivity contribution in [3.8, 4) is 0 Å². The van der Waals surface area contributed by atoms with Crippen molar-refractivity contribution in [1.29, 1.82) is 0 Å². The van der Waals surface area contributed by atoms with E-state index in [1.807, 2.05) is 38.1 Å². The molecule has 0 saturated carbocycles. The quantitative estimate of drug-likeness (QED) is 0.720. The monoisotopic (exact) mass is 316 g/mol. The van der Waals surface area contributed by atoms with Crippen LogP contribution in [0.4, 0.5) is 5.13 Å². The third-order valence-electron chi connectivity index (χ3n) is 3.31. The van der Waals surface area contributed by atoms with Crippen LogP contribution in [0.25, 0.3) is 11.0 Å². The highest BCUT2D eigenvalue weighted by Gasteiger charge is 2.17. The van der Waals surface area contributed by atoms with Crippen LogP contribution in [0.3, 0.4) is 0 Å². The number of carbonyl (C=O) groups excluding carboxylic acids is 1. The van der Waals surface area contributed by atoms with E-state index in [1.54, 1.807) is 9.58 Å². The number of anilines is 1. The molecule has 2 heterocycles. The van der Waals surface area contributed by atoms with E-state index in [0.29, 0.717) is 24.6 Å². The Kier molecular flexibility index (Phi) is 4.10. The van der Waals surface area contributed by atoms with E-state index >= 15 is 0 Å². The van der Waals surface area contributed by atoms with Crippen LogP contribution < -0.4 is 4.90 Å². The zero-order valence-electron chi connectivity index (χ0n) is 12.4. The fourth-order valence-electron chi connectivity index (χ4n) is 2.19. The van der Waals surface area contributed by atoms with E-state index in [1.165, 1.54) is 11.3 Å². The van der Waals surface area contributed by atoms with Gasteiger partial charge in [0.05, 0.1) is 12.1 Å². The average molecular weight is 316 g/mol. The van der Waals surface area contributed by atoms with Crippen molar-refractivity contribution in [3.05, 3.63) is 29.3 Å². The highest BCUT2D eigenvalue weighted by molar-refractivity contribution is 7.15. The first-order valence-corrected chi connectivity index (χ1v) is 7.95. The minimum Gasteiger partial charge on any atom is -0.287 e. The van der Waals surface area contributed by atoms with Gasteiger partial charge in [-0.2, -0.15) is 0 Å². The maximum Gasteiger partial charge on any atom is 0.228 e. The van der Waals surface area contributed by atoms with E-state index < -0.39 is 0 Å². The zero-order valence-corrected chi connectivity index (χ0v) is 13.2. The number of carbonyl (C=O) groups is 1. The van der Waals surface area contributed by atoms with Gasteiger partial charge in [-0.25, -0.2) is 4.68 Å². The summed E-state index contributed by atoms with van der Waals surface area (Å²) in [5.74, 6) is 0.0522. The number of fused-ring (bicyclic) bond motifs is 1. The van der Waals surface area contributed by atoms with Gasteiger partial charge in [-0.05, 0) is 19.1 Å². The molecule has 0 unspecified atom stereocenters. The Labute approximate surface area is 131 Å². The Morgan fingerprint density at radius 3 is 2.82 bits per heavy atom. The molecule has 22 heavy (non-hydrogen) atoms. The molecular formula is C14H16N6OS. The van der Waals surface area contributed by atoms with Crippen LogP contribution in [0.2, 0.25) is 0 Å². The Hall–Kier alpha value is -2.35. The number of aromatic nitrogens is 5. The van der Waals surface area contributed by atoms with Gasteiger partial charge in [0.25, 0.3) is 0 Å². The zero-order chi connectivity index (χ0) is 15.5. The fourth-order valence-corrected chi connectivity index (χ4v) is 3.09. The van der Waals surface area contributed by atoms with Crippen molar-refractivity contribution in [2.75, 3.05) is 11.4 Å². The third kappa shape index (κ3) is 2.69. The molecule has 114 valence electrons. The molecule has 0 aliphatic rings. The Morgan fingerprint density at radius 2 is 2.05 bits per heavy atom. The van der Waals surface area contributed by atoms with E-state index in [4.69, 9.17) is 0 Å². The van der Waals surface area contributed by atoms with E-state index in [9.17, 15) is 4.79 Å². The van der Waals surface area contributed by atoms with Crippen LogP contribution >= 0.6 is 11.3 Å². The third-order valence-corrected chi connectivity index (χ3v) is 4.24. The molecule has 0 N–H and O–H groups in total. The summed E-state index contributed by atoms with van der Waals surface area (Å²) in [6.45, 7) is 4.86. The highest BCUT2D eigenvalue weighted by atomic mass is 32.1. The van der Waals surface area contributed by atoms with Crippen LogP contribution in [-0.2, 0) is 11.3 Å². The number of hydrogen-bond donors (Lipinski definition) is 0. The molecule has 7 nitrogen and oxygen atoms in total. The summed E-state index contributed by atoms with van der Waals surface area (Å²) in [4.78, 5) is 13.5. The van der Waals surface area contributed by atoms with Gasteiger partial charge in [0, 0.05) is 13.0 Å². The van der Waals surface area contributed by atoms with E-state index in [-0.39, 0.29) is 5.91 Å². The summed E-state index contributed by atoms with van der Waals surface area (Å²) in [5.41, 5.74) is 1.81. The highest BCUT2D eigenvalue weighted by Crippen LogP contribution is 2.22. The lowest BCUT2D eigenvalue weighted by molar-refractivity contribution is -0.118. The largest absolute Gasteiger partial charge is 0.287 e. The minimum absolute atomic E-state index is 0.0522. The van der Waals surface area contributed by atoms with Crippen molar-refractivity contribution in [2.24, 2.45) is 0 Å². The van der Waals surface area contributed by atoms with Gasteiger partial charge in [-0.1, -0.05) is 35.6 Å². The summed E-state index contributed by atoms with van der Waals surface area (Å²) < 4.78 is 1.79. The Balaban J connectivity index is 1.84. The number of nitrogens with zero attached hydrogens (tertiary/aromatic N) is 6. The van der Waals surface area contributed by atoms with E-state index in [0.717, 1.165) is 16.0 Å². The second kappa shape index (κ2) is 6.18. The smallest absolute Gasteiger partial charge is 0.228 e. The van der Waals surface area contributed by atoms with Gasteiger partial charge < -0.3 is 0 Å². The normalized spacial score (nSPS) is 11.0. The molecule has 0 radical (unpaired) electrons. The van der Waals surface area contributed by atoms with Gasteiger partial charge >= 0.3 is 0 Å². The number of hydrogen-bond acceptors (Lipinski definition) is 6. The molecule has 0 aliphatic heterocycles. The first kappa shape index (κ1) is 14.6. The molecule has 3 rings (SSSR count). The first-order chi connectivity index (χ1) is 10.7. The maximum absolute atomic E-state index is 11.9. The minimum atomic E-state index is 0.0522. The molecule has 8 heteroatoms. The topological polar surface area (TPSA) is 76.8 Å². The standard InChI is InChI=1S/C14H16N6OS/c1-3-13(21)19(4-2)14-17-16-12(22-14)9-20-11-8-6-5-7-10(11)15-18-20/h5-8H,3-4,9H2,1-2H3. The maximum atomic E-state index is 11.9. The second-order valence-electron chi connectivity index (χ2n) is 4.71. The molecule has 0 fully saturated rings. The van der Waals surface area contributed by atoms with Crippen molar-refractivity contribution in [2.45, 2.75) is 26.8 Å². The average Bonchev–Trinajstić information content (AvgIpc) is 3.16. The number of rotatable bonds is 5. The van der Waals surface area contributed by atoms with Crippen LogP contribution in [0.15, 0.2) is 24.3 Å². The Bertz CT molecular complexity index is 795. The summed E-state index contributed by atoms with van der Waals surface area (Å²) in [6, 6.07) is 7.77. The van der Waals surface area contributed by atoms with E-state index in [2.05, 4.69) is 20.5 Å². The van der Waals surface area contributed by atoms with Gasteiger partial charge in [-0.15, -0.1) is 15.3 Å². The molecule has 0 aliphatic carbocycles. The molecule has 0 spiro atoms. The van der Waals surface area contributed by atoms with Crippen molar-refractivity contribution >= 4 is 33.4 Å². The van der Waals surface area contributed by atoms with Gasteiger partial charge in [0.15, 0.2) is 0 Å². The van der Waals surface area contributed by atoms with Crippen molar-refractivity contribution in [1.82, 2.24) is 25.2 Å². The number of amides is 1. The van der Waals surface area contributed by atoms with Crippen LogP contribution in [-0.4, -0.2) is 37.6 Å². The predicted octanol–water partition coefficient (Wildman–Crippen LogP) is 2.09. The Morgan fingerprint density at radius 1 is 1.23 bits per heavy atom. The number of benzene rings is 1. The molecule has 0 atom stereocenters. The summed E-state index contributed by atoms with van der Waals surface area (Å²) in [7, 11) is 0. The summed E-state index contributed by atoms with van der Waals surface area (Å²) in [6.07, 6.45) is 0.455. The molecule has 2 aromatic heterocycles. The summed E-state index contributed by atoms with van der Waals surface area (Å²) in [5, 5.41) is 18.0. The lowest BCUT2D eigenvalue weighted by atomic mass is 10.3. The SMILES string of the molecule is CCC(=O)N(CC)c1nnc(Cn2nnc3ccccc32)s1. The molecule has 0 bridgehead atoms. The lowest BCUT2D eigenvalue weighted by Crippen LogP contribution is -2.29. The molecule has 0 saturated heterocycles. The van der Waals surface area contributed by atoms with Gasteiger partial charge in [-0.3, -0.25) is 9.69 Å². The molecular weight excluding hydrogens is 300 g/mol. The molecule has 1 aromatic carbocycles. The van der Waals surface area contributed by atoms with Gasteiger partial charge in [0.1, 0.15) is 10.5 Å². The second-order valence-corrected chi connectivity index (χ2v) is 5.75. The van der Waals surface area contributed by atoms with Gasteiger partial charge in [0.2, 0.25) is 11.0 Å². The summed E-state index contributed by atoms with van der Waals surface area (Å²) >= 11 is 1.41. The van der Waals surface area contributed by atoms with Crippen LogP contribution in [0, 0.1) is 0 Å². The predicted molar refractivity (Wildman–Crippen MR) is 84.9 cm³/mol. The number of para-hydroxylation sites is 1. The van der Waals surface area contributed by atoms with Crippen molar-refractivity contribution in [3.63, 3.8) is 0 Å². The van der Waals surface area contributed by atoms with Crippen LogP contribution in [0.1, 0.15) is 25.3 Å². The fraction of sp³-hybridized carbons (Fsp3) is 0.357. The van der Waals surface area contributed by atoms with Crippen molar-refractivity contribution < 1.29 is 4.79 Å². The molecule has 1 amide bonds.